The van der Waals surface area contributed by atoms with Crippen LogP contribution in [0.15, 0.2) is 35.4 Å². The van der Waals surface area contributed by atoms with Gasteiger partial charge >= 0.3 is 0 Å². The lowest BCUT2D eigenvalue weighted by Gasteiger charge is -2.31. The monoisotopic (exact) mass is 270 g/mol. The largest absolute Gasteiger partial charge is 0.399 e. The van der Waals surface area contributed by atoms with E-state index in [1.54, 1.807) is 12.1 Å². The first-order chi connectivity index (χ1) is 9.65. The number of imide groups is 1. The highest BCUT2D eigenvalue weighted by Gasteiger charge is 2.33. The van der Waals surface area contributed by atoms with Gasteiger partial charge in [-0.2, -0.15) is 0 Å². The summed E-state index contributed by atoms with van der Waals surface area (Å²) in [7, 11) is 0. The van der Waals surface area contributed by atoms with Crippen molar-refractivity contribution in [2.75, 3.05) is 5.73 Å². The minimum absolute atomic E-state index is 0.0764. The molecule has 0 fully saturated rings. The molecule has 4 heteroatoms. The van der Waals surface area contributed by atoms with Gasteiger partial charge in [-0.05, 0) is 43.4 Å². The molecule has 4 nitrogen and oxygen atoms in total. The Labute approximate surface area is 118 Å². The van der Waals surface area contributed by atoms with Crippen molar-refractivity contribution in [3.63, 3.8) is 0 Å². The number of carbonyl (C=O) groups excluding carboxylic acids is 2. The van der Waals surface area contributed by atoms with E-state index in [4.69, 9.17) is 5.73 Å². The first-order valence-electron chi connectivity index (χ1n) is 7.05. The summed E-state index contributed by atoms with van der Waals surface area (Å²) in [5.74, 6) is -0.166. The fourth-order valence-electron chi connectivity index (χ4n) is 2.94. The normalized spacial score (nSPS) is 19.3. The lowest BCUT2D eigenvalue weighted by Crippen LogP contribution is -2.41. The molecule has 1 aromatic rings. The number of nitrogen functional groups attached to an aromatic ring is 1. The third kappa shape index (κ3) is 2.33. The summed E-state index contributed by atoms with van der Waals surface area (Å²) in [5, 5.41) is 0. The SMILES string of the molecule is Nc1ccc(CN2C(=O)CC3=C(CCCC3)C2=O)cc1. The van der Waals surface area contributed by atoms with Gasteiger partial charge in [-0.3, -0.25) is 14.5 Å². The molecule has 1 heterocycles. The summed E-state index contributed by atoms with van der Waals surface area (Å²) < 4.78 is 0. The molecule has 0 saturated carbocycles. The van der Waals surface area contributed by atoms with Crippen LogP contribution in [0.1, 0.15) is 37.7 Å². The molecule has 0 spiro atoms. The van der Waals surface area contributed by atoms with Crippen LogP contribution in [0, 0.1) is 0 Å². The van der Waals surface area contributed by atoms with Gasteiger partial charge in [0, 0.05) is 17.7 Å². The summed E-state index contributed by atoms with van der Waals surface area (Å²) in [5.41, 5.74) is 9.21. The van der Waals surface area contributed by atoms with Crippen LogP contribution < -0.4 is 5.73 Å². The highest BCUT2D eigenvalue weighted by Crippen LogP contribution is 2.33. The van der Waals surface area contributed by atoms with Gasteiger partial charge < -0.3 is 5.73 Å². The molecule has 2 amide bonds. The van der Waals surface area contributed by atoms with Gasteiger partial charge in [0.15, 0.2) is 0 Å². The molecule has 20 heavy (non-hydrogen) atoms. The molecule has 1 aliphatic heterocycles. The second-order valence-electron chi connectivity index (χ2n) is 5.49. The Balaban J connectivity index is 1.83. The summed E-state index contributed by atoms with van der Waals surface area (Å²) in [6.45, 7) is 0.342. The predicted molar refractivity (Wildman–Crippen MR) is 76.5 cm³/mol. The van der Waals surface area contributed by atoms with Crippen LogP contribution >= 0.6 is 0 Å². The topological polar surface area (TPSA) is 63.4 Å². The van der Waals surface area contributed by atoms with Crippen molar-refractivity contribution in [2.45, 2.75) is 38.6 Å². The molecule has 1 aromatic carbocycles. The van der Waals surface area contributed by atoms with E-state index in [1.165, 1.54) is 4.90 Å². The zero-order chi connectivity index (χ0) is 14.1. The molecule has 0 atom stereocenters. The van der Waals surface area contributed by atoms with Crippen molar-refractivity contribution in [2.24, 2.45) is 0 Å². The molecular formula is C16H18N2O2. The van der Waals surface area contributed by atoms with Gasteiger partial charge in [0.1, 0.15) is 0 Å². The summed E-state index contributed by atoms with van der Waals surface area (Å²) >= 11 is 0. The third-order valence-electron chi connectivity index (χ3n) is 4.07. The summed E-state index contributed by atoms with van der Waals surface area (Å²) in [6.07, 6.45) is 4.28. The third-order valence-corrected chi connectivity index (χ3v) is 4.07. The summed E-state index contributed by atoms with van der Waals surface area (Å²) in [4.78, 5) is 26.0. The zero-order valence-corrected chi connectivity index (χ0v) is 11.4. The van der Waals surface area contributed by atoms with Gasteiger partial charge in [-0.25, -0.2) is 0 Å². The minimum atomic E-state index is -0.0900. The van der Waals surface area contributed by atoms with Gasteiger partial charge in [0.05, 0.1) is 6.54 Å². The molecule has 3 rings (SSSR count). The van der Waals surface area contributed by atoms with E-state index in [0.29, 0.717) is 18.7 Å². The maximum Gasteiger partial charge on any atom is 0.256 e. The van der Waals surface area contributed by atoms with Crippen molar-refractivity contribution in [1.29, 1.82) is 0 Å². The van der Waals surface area contributed by atoms with E-state index < -0.39 is 0 Å². The molecule has 0 unspecified atom stereocenters. The lowest BCUT2D eigenvalue weighted by molar-refractivity contribution is -0.144. The highest BCUT2D eigenvalue weighted by atomic mass is 16.2. The number of nitrogens with two attached hydrogens (primary N) is 1. The lowest BCUT2D eigenvalue weighted by atomic mass is 9.86. The van der Waals surface area contributed by atoms with E-state index in [0.717, 1.165) is 42.4 Å². The van der Waals surface area contributed by atoms with E-state index in [1.807, 2.05) is 12.1 Å². The zero-order valence-electron chi connectivity index (χ0n) is 11.4. The molecule has 0 radical (unpaired) electrons. The highest BCUT2D eigenvalue weighted by molar-refractivity contribution is 6.08. The molecule has 2 N–H and O–H groups in total. The van der Waals surface area contributed by atoms with E-state index >= 15 is 0 Å². The Morgan fingerprint density at radius 2 is 1.75 bits per heavy atom. The Morgan fingerprint density at radius 1 is 1.05 bits per heavy atom. The quantitative estimate of drug-likeness (QED) is 0.663. The maximum atomic E-state index is 12.5. The van der Waals surface area contributed by atoms with Gasteiger partial charge in [0.2, 0.25) is 5.91 Å². The van der Waals surface area contributed by atoms with Crippen molar-refractivity contribution in [3.05, 3.63) is 41.0 Å². The van der Waals surface area contributed by atoms with Crippen LogP contribution in [-0.4, -0.2) is 16.7 Å². The fourth-order valence-corrected chi connectivity index (χ4v) is 2.94. The molecule has 104 valence electrons. The van der Waals surface area contributed by atoms with Crippen LogP contribution in [0.25, 0.3) is 0 Å². The van der Waals surface area contributed by atoms with E-state index in [-0.39, 0.29) is 11.8 Å². The Morgan fingerprint density at radius 3 is 2.50 bits per heavy atom. The van der Waals surface area contributed by atoms with Crippen LogP contribution in [0.2, 0.25) is 0 Å². The average molecular weight is 270 g/mol. The molecule has 2 aliphatic rings. The van der Waals surface area contributed by atoms with E-state index in [9.17, 15) is 9.59 Å². The van der Waals surface area contributed by atoms with Crippen LogP contribution in [0.4, 0.5) is 5.69 Å². The van der Waals surface area contributed by atoms with Crippen molar-refractivity contribution in [1.82, 2.24) is 4.90 Å². The number of rotatable bonds is 2. The predicted octanol–water partition coefficient (Wildman–Crippen LogP) is 2.40. The fraction of sp³-hybridized carbons (Fsp3) is 0.375. The second kappa shape index (κ2) is 5.12. The molecule has 1 aliphatic carbocycles. The minimum Gasteiger partial charge on any atom is -0.399 e. The number of hydrogen-bond donors (Lipinski definition) is 1. The number of benzene rings is 1. The van der Waals surface area contributed by atoms with Crippen LogP contribution in [-0.2, 0) is 16.1 Å². The molecule has 0 bridgehead atoms. The van der Waals surface area contributed by atoms with Crippen LogP contribution in [0.3, 0.4) is 0 Å². The van der Waals surface area contributed by atoms with Gasteiger partial charge in [-0.1, -0.05) is 17.7 Å². The standard InChI is InChI=1S/C16H18N2O2/c17-13-7-5-11(6-8-13)10-18-15(19)9-12-3-1-2-4-14(12)16(18)20/h5-8H,1-4,9-10,17H2. The number of amides is 2. The molecule has 0 aromatic heterocycles. The Bertz CT molecular complexity index is 587. The Kier molecular flexibility index (Phi) is 3.30. The number of anilines is 1. The average Bonchev–Trinajstić information content (AvgIpc) is 2.45. The van der Waals surface area contributed by atoms with Gasteiger partial charge in [-0.15, -0.1) is 0 Å². The first kappa shape index (κ1) is 12.9. The number of carbonyl (C=O) groups is 2. The van der Waals surface area contributed by atoms with Crippen molar-refractivity contribution >= 4 is 17.5 Å². The van der Waals surface area contributed by atoms with Crippen molar-refractivity contribution in [3.8, 4) is 0 Å². The van der Waals surface area contributed by atoms with E-state index in [2.05, 4.69) is 0 Å². The van der Waals surface area contributed by atoms with Gasteiger partial charge in [0.25, 0.3) is 5.91 Å². The number of hydrogen-bond acceptors (Lipinski definition) is 3. The second-order valence-corrected chi connectivity index (χ2v) is 5.49. The summed E-state index contributed by atoms with van der Waals surface area (Å²) in [6, 6.07) is 7.31. The molecular weight excluding hydrogens is 252 g/mol. The van der Waals surface area contributed by atoms with Crippen LogP contribution in [0.5, 0.6) is 0 Å². The first-order valence-corrected chi connectivity index (χ1v) is 7.05. The smallest absolute Gasteiger partial charge is 0.256 e. The number of nitrogens with zero attached hydrogens (tertiary/aromatic N) is 1. The maximum absolute atomic E-state index is 12.5. The molecule has 0 saturated heterocycles. The Hall–Kier alpha value is -2.10. The van der Waals surface area contributed by atoms with Crippen molar-refractivity contribution < 1.29 is 9.59 Å².